The third kappa shape index (κ3) is 6.74. The van der Waals surface area contributed by atoms with Crippen LogP contribution in [0.5, 0.6) is 5.75 Å². The molecule has 238 valence electrons. The number of H-pyrrole nitrogens is 1. The fourth-order valence-corrected chi connectivity index (χ4v) is 6.37. The molecule has 0 radical (unpaired) electrons. The Labute approximate surface area is 268 Å². The van der Waals surface area contributed by atoms with E-state index in [-0.39, 0.29) is 23.9 Å². The summed E-state index contributed by atoms with van der Waals surface area (Å²) < 4.78 is 18.6. The van der Waals surface area contributed by atoms with Crippen LogP contribution in [0.4, 0.5) is 0 Å². The number of nitrogens with zero attached hydrogens (tertiary/aromatic N) is 3. The van der Waals surface area contributed by atoms with Crippen LogP contribution in [0.3, 0.4) is 0 Å². The van der Waals surface area contributed by atoms with Crippen molar-refractivity contribution in [1.82, 2.24) is 19.7 Å². The summed E-state index contributed by atoms with van der Waals surface area (Å²) in [7, 11) is 0. The van der Waals surface area contributed by atoms with Gasteiger partial charge in [0.05, 0.1) is 23.6 Å². The van der Waals surface area contributed by atoms with E-state index in [4.69, 9.17) is 19.0 Å². The van der Waals surface area contributed by atoms with Crippen LogP contribution in [0.25, 0.3) is 28.2 Å². The Kier molecular flexibility index (Phi) is 9.30. The second kappa shape index (κ2) is 13.7. The van der Waals surface area contributed by atoms with Crippen LogP contribution < -0.4 is 16.1 Å². The number of aromatic nitrogens is 4. The van der Waals surface area contributed by atoms with Crippen molar-refractivity contribution < 1.29 is 14.0 Å². The molecule has 5 aromatic rings. The van der Waals surface area contributed by atoms with Gasteiger partial charge in [-0.25, -0.2) is 9.78 Å². The number of rotatable bonds is 10. The van der Waals surface area contributed by atoms with Crippen molar-refractivity contribution in [2.45, 2.75) is 84.5 Å². The lowest BCUT2D eigenvalue weighted by Gasteiger charge is -2.32. The highest BCUT2D eigenvalue weighted by molar-refractivity contribution is 5.80. The van der Waals surface area contributed by atoms with E-state index in [0.29, 0.717) is 24.2 Å². The van der Waals surface area contributed by atoms with Crippen molar-refractivity contribution in [2.75, 3.05) is 0 Å². The highest BCUT2D eigenvalue weighted by Crippen LogP contribution is 2.30. The lowest BCUT2D eigenvalue weighted by molar-refractivity contribution is -0.0721. The molecule has 3 atom stereocenters. The minimum absolute atomic E-state index is 0.0412. The van der Waals surface area contributed by atoms with Gasteiger partial charge >= 0.3 is 5.76 Å². The summed E-state index contributed by atoms with van der Waals surface area (Å²) in [6.07, 6.45) is 4.87. The van der Waals surface area contributed by atoms with E-state index in [9.17, 15) is 9.59 Å². The van der Waals surface area contributed by atoms with E-state index >= 15 is 0 Å². The Morgan fingerprint density at radius 1 is 0.913 bits per heavy atom. The van der Waals surface area contributed by atoms with Crippen LogP contribution in [0.2, 0.25) is 0 Å². The van der Waals surface area contributed by atoms with Gasteiger partial charge < -0.3 is 9.47 Å². The molecular formula is C37H40N4O5. The minimum Gasteiger partial charge on any atom is -0.490 e. The molecule has 1 saturated heterocycles. The fourth-order valence-electron chi connectivity index (χ4n) is 6.37. The maximum absolute atomic E-state index is 14.2. The summed E-state index contributed by atoms with van der Waals surface area (Å²) in [4.78, 5) is 33.5. The molecule has 1 fully saturated rings. The molecule has 0 bridgehead atoms. The molecule has 1 aliphatic rings. The van der Waals surface area contributed by atoms with Gasteiger partial charge in [-0.1, -0.05) is 74.0 Å². The third-order valence-corrected chi connectivity index (χ3v) is 8.46. The summed E-state index contributed by atoms with van der Waals surface area (Å²) in [6, 6.07) is 23.6. The molecule has 1 N–H and O–H groups in total. The summed E-state index contributed by atoms with van der Waals surface area (Å²) in [5, 5.41) is 3.87. The van der Waals surface area contributed by atoms with Crippen LogP contribution in [0, 0.1) is 0 Å². The molecule has 0 amide bonds. The summed E-state index contributed by atoms with van der Waals surface area (Å²) in [6.45, 7) is 8.30. The van der Waals surface area contributed by atoms with E-state index in [1.165, 1.54) is 0 Å². The number of aromatic amines is 1. The first-order valence-electron chi connectivity index (χ1n) is 16.1. The maximum atomic E-state index is 14.2. The summed E-state index contributed by atoms with van der Waals surface area (Å²) in [5.74, 6) is 1.31. The van der Waals surface area contributed by atoms with Crippen molar-refractivity contribution >= 4 is 0 Å². The fraction of sp³-hybridized carbons (Fsp3) is 0.351. The number of hydrogen-bond acceptors (Lipinski definition) is 7. The lowest BCUT2D eigenvalue weighted by Crippen LogP contribution is -2.35. The van der Waals surface area contributed by atoms with Gasteiger partial charge in [0.1, 0.15) is 17.7 Å². The van der Waals surface area contributed by atoms with Gasteiger partial charge in [-0.05, 0) is 61.2 Å². The largest absolute Gasteiger partial charge is 0.490 e. The molecule has 9 heteroatoms. The van der Waals surface area contributed by atoms with Crippen LogP contribution in [0.1, 0.15) is 69.6 Å². The summed E-state index contributed by atoms with van der Waals surface area (Å²) >= 11 is 0. The molecule has 46 heavy (non-hydrogen) atoms. The first-order chi connectivity index (χ1) is 22.3. The maximum Gasteiger partial charge on any atom is 0.439 e. The molecule has 3 aromatic carbocycles. The first kappa shape index (κ1) is 31.2. The van der Waals surface area contributed by atoms with Gasteiger partial charge in [-0.15, -0.1) is 0 Å². The second-order valence-corrected chi connectivity index (χ2v) is 12.0. The van der Waals surface area contributed by atoms with E-state index in [0.717, 1.165) is 70.9 Å². The highest BCUT2D eigenvalue weighted by atomic mass is 16.5. The molecule has 0 spiro atoms. The van der Waals surface area contributed by atoms with E-state index in [2.05, 4.69) is 30.9 Å². The molecule has 0 aliphatic carbocycles. The van der Waals surface area contributed by atoms with Crippen molar-refractivity contribution in [3.63, 3.8) is 0 Å². The van der Waals surface area contributed by atoms with Gasteiger partial charge in [0.15, 0.2) is 5.82 Å². The lowest BCUT2D eigenvalue weighted by atomic mass is 9.96. The van der Waals surface area contributed by atoms with Crippen molar-refractivity contribution in [2.24, 2.45) is 0 Å². The SMILES string of the molecule is CCCc1nc(CC)n(-c2ccc(O[C@H]3C[C@@H](C)O[C@@H](C)C3)cc2)c(=O)c1Cc1ccc(-c2ccccc2-c2noc(=O)[nH]2)cc1. The zero-order valence-corrected chi connectivity index (χ0v) is 26.8. The standard InChI is InChI=1S/C37H40N4O5/c1-5-9-33-32(22-25-12-14-26(15-13-25)30-10-7-8-11-31(30)35-39-37(43)46-40-35)36(42)41(34(6-2)38-33)27-16-18-28(19-17-27)45-29-20-23(3)44-24(4)21-29/h7-8,10-19,23-24,29H,5-6,9,20-22H2,1-4H3,(H,39,40,43)/t23-,24+,29+. The van der Waals surface area contributed by atoms with E-state index < -0.39 is 5.76 Å². The average Bonchev–Trinajstić information content (AvgIpc) is 3.49. The van der Waals surface area contributed by atoms with E-state index in [1.807, 2.05) is 79.7 Å². The number of benzene rings is 3. The molecule has 9 nitrogen and oxygen atoms in total. The number of nitrogens with one attached hydrogen (secondary N) is 1. The van der Waals surface area contributed by atoms with Crippen molar-refractivity contribution in [3.05, 3.63) is 116 Å². The Hall–Kier alpha value is -4.76. The first-order valence-corrected chi connectivity index (χ1v) is 16.1. The van der Waals surface area contributed by atoms with Crippen LogP contribution >= 0.6 is 0 Å². The average molecular weight is 621 g/mol. The normalized spacial score (nSPS) is 18.0. The van der Waals surface area contributed by atoms with Crippen LogP contribution in [0.15, 0.2) is 86.9 Å². The Morgan fingerprint density at radius 2 is 1.61 bits per heavy atom. The van der Waals surface area contributed by atoms with Gasteiger partial charge in [0, 0.05) is 36.8 Å². The number of ether oxygens (including phenoxy) is 2. The van der Waals surface area contributed by atoms with Gasteiger partial charge in [-0.2, -0.15) is 0 Å². The Morgan fingerprint density at radius 3 is 2.24 bits per heavy atom. The molecular weight excluding hydrogens is 580 g/mol. The second-order valence-electron chi connectivity index (χ2n) is 12.0. The monoisotopic (exact) mass is 620 g/mol. The molecule has 2 aromatic heterocycles. The van der Waals surface area contributed by atoms with E-state index in [1.54, 1.807) is 4.57 Å². The molecule has 6 rings (SSSR count). The van der Waals surface area contributed by atoms with Crippen LogP contribution in [-0.2, 0) is 24.0 Å². The predicted octanol–water partition coefficient (Wildman–Crippen LogP) is 6.68. The Balaban J connectivity index is 1.29. The number of hydrogen-bond donors (Lipinski definition) is 1. The van der Waals surface area contributed by atoms with Gasteiger partial charge in [0.2, 0.25) is 0 Å². The number of aryl methyl sites for hydroxylation is 2. The third-order valence-electron chi connectivity index (χ3n) is 8.46. The summed E-state index contributed by atoms with van der Waals surface area (Å²) in [5.41, 5.74) is 5.94. The molecule has 0 saturated carbocycles. The molecule has 0 unspecified atom stereocenters. The van der Waals surface area contributed by atoms with Crippen LogP contribution in [-0.4, -0.2) is 38.0 Å². The zero-order valence-electron chi connectivity index (χ0n) is 26.8. The van der Waals surface area contributed by atoms with Gasteiger partial charge in [0.25, 0.3) is 5.56 Å². The smallest absolute Gasteiger partial charge is 0.439 e. The van der Waals surface area contributed by atoms with Gasteiger partial charge in [-0.3, -0.25) is 18.9 Å². The highest BCUT2D eigenvalue weighted by Gasteiger charge is 2.26. The topological polar surface area (TPSA) is 112 Å². The van der Waals surface area contributed by atoms with Crippen molar-refractivity contribution in [3.8, 4) is 34.0 Å². The molecule has 3 heterocycles. The predicted molar refractivity (Wildman–Crippen MR) is 178 cm³/mol. The minimum atomic E-state index is -0.597. The molecule has 1 aliphatic heterocycles. The van der Waals surface area contributed by atoms with Crippen molar-refractivity contribution in [1.29, 1.82) is 0 Å². The quantitative estimate of drug-likeness (QED) is 0.185. The Bertz CT molecular complexity index is 1900. The zero-order chi connectivity index (χ0) is 32.2.